The predicted molar refractivity (Wildman–Crippen MR) is 171 cm³/mol. The van der Waals surface area contributed by atoms with Crippen molar-refractivity contribution in [1.29, 1.82) is 0 Å². The average Bonchev–Trinajstić information content (AvgIpc) is 3.41. The summed E-state index contributed by atoms with van der Waals surface area (Å²) in [5.41, 5.74) is 0.491. The molecule has 0 bridgehead atoms. The van der Waals surface area contributed by atoms with E-state index in [-0.39, 0.29) is 24.8 Å². The van der Waals surface area contributed by atoms with Crippen LogP contribution < -0.4 is 20.7 Å². The number of aromatic nitrogens is 5. The first kappa shape index (κ1) is 32.2. The number of urea groups is 1. The third kappa shape index (κ3) is 6.89. The molecule has 13 nitrogen and oxygen atoms in total. The maximum Gasteiger partial charge on any atom is 0.321 e. The fourth-order valence-corrected chi connectivity index (χ4v) is 5.12. The van der Waals surface area contributed by atoms with E-state index in [2.05, 4.69) is 50.0 Å². The van der Waals surface area contributed by atoms with Gasteiger partial charge in [0.05, 0.1) is 18.5 Å². The van der Waals surface area contributed by atoms with Gasteiger partial charge in [0, 0.05) is 30.0 Å². The van der Waals surface area contributed by atoms with Crippen LogP contribution >= 0.6 is 0 Å². The number of ether oxygens (including phenoxy) is 1. The highest BCUT2D eigenvalue weighted by atomic mass is 16.5. The highest BCUT2D eigenvalue weighted by Crippen LogP contribution is 2.37. The van der Waals surface area contributed by atoms with Crippen LogP contribution in [0.1, 0.15) is 74.0 Å². The Hall–Kier alpha value is -5.17. The zero-order valence-corrected chi connectivity index (χ0v) is 26.4. The Labute approximate surface area is 266 Å². The molecule has 13 heteroatoms. The molecular formula is C33H38N8O5. The lowest BCUT2D eigenvalue weighted by Crippen LogP contribution is -2.49. The number of aliphatic hydroxyl groups excluding tert-OH is 1. The van der Waals surface area contributed by atoms with E-state index in [1.54, 1.807) is 30.4 Å². The lowest BCUT2D eigenvalue weighted by atomic mass is 9.81. The first-order valence-electron chi connectivity index (χ1n) is 15.1. The number of hydrogen-bond acceptors (Lipinski definition) is 9. The molecular weight excluding hydrogens is 588 g/mol. The minimum absolute atomic E-state index is 0.0258. The number of pyridine rings is 1. The number of aliphatic hydroxyl groups is 1. The van der Waals surface area contributed by atoms with Crippen molar-refractivity contribution in [2.75, 3.05) is 18.5 Å². The third-order valence-corrected chi connectivity index (χ3v) is 7.39. The highest BCUT2D eigenvalue weighted by molar-refractivity contribution is 5.94. The van der Waals surface area contributed by atoms with Gasteiger partial charge in [-0.1, -0.05) is 58.9 Å². The second-order valence-electron chi connectivity index (χ2n) is 12.5. The van der Waals surface area contributed by atoms with Crippen LogP contribution in [0.3, 0.4) is 0 Å². The summed E-state index contributed by atoms with van der Waals surface area (Å²) in [6.45, 7) is 9.74. The van der Waals surface area contributed by atoms with Gasteiger partial charge in [-0.15, -0.1) is 10.2 Å². The van der Waals surface area contributed by atoms with Gasteiger partial charge in [-0.3, -0.25) is 19.3 Å². The van der Waals surface area contributed by atoms with Gasteiger partial charge in [-0.25, -0.2) is 14.8 Å². The number of benzene rings is 1. The van der Waals surface area contributed by atoms with Gasteiger partial charge < -0.3 is 20.5 Å². The van der Waals surface area contributed by atoms with Crippen molar-refractivity contribution in [1.82, 2.24) is 35.2 Å². The summed E-state index contributed by atoms with van der Waals surface area (Å²) in [6, 6.07) is 11.7. The normalized spacial score (nSPS) is 17.4. The Morgan fingerprint density at radius 1 is 1.13 bits per heavy atom. The number of carbonyl (C=O) groups excluding carboxylic acids is 3. The average molecular weight is 627 g/mol. The van der Waals surface area contributed by atoms with Crippen molar-refractivity contribution in [2.45, 2.75) is 58.1 Å². The monoisotopic (exact) mass is 626 g/mol. The molecule has 1 aromatic carbocycles. The molecule has 3 amide bonds. The van der Waals surface area contributed by atoms with Gasteiger partial charge in [0.1, 0.15) is 29.0 Å². The second-order valence-corrected chi connectivity index (χ2v) is 12.5. The molecule has 0 fully saturated rings. The summed E-state index contributed by atoms with van der Waals surface area (Å²) >= 11 is 0. The lowest BCUT2D eigenvalue weighted by molar-refractivity contribution is -0.111. The largest absolute Gasteiger partial charge is 0.480 e. The first-order chi connectivity index (χ1) is 21.9. The van der Waals surface area contributed by atoms with Gasteiger partial charge in [0.25, 0.3) is 5.91 Å². The van der Waals surface area contributed by atoms with Crippen LogP contribution in [0.5, 0.6) is 5.75 Å². The number of fused-ring (bicyclic) bond motifs is 2. The Balaban J connectivity index is 1.40. The summed E-state index contributed by atoms with van der Waals surface area (Å²) in [6.07, 6.45) is 6.05. The van der Waals surface area contributed by atoms with E-state index in [0.29, 0.717) is 40.4 Å². The quantitative estimate of drug-likeness (QED) is 0.151. The number of nitrogens with one attached hydrogen (secondary N) is 3. The van der Waals surface area contributed by atoms with E-state index in [1.807, 2.05) is 55.6 Å². The van der Waals surface area contributed by atoms with Crippen LogP contribution in [0, 0.1) is 5.92 Å². The maximum absolute atomic E-state index is 13.4. The number of nitrogens with zero attached hydrogens (tertiary/aromatic N) is 5. The van der Waals surface area contributed by atoms with Crippen molar-refractivity contribution >= 4 is 29.7 Å². The van der Waals surface area contributed by atoms with E-state index in [9.17, 15) is 14.4 Å². The molecule has 4 N–H and O–H groups in total. The van der Waals surface area contributed by atoms with E-state index in [1.165, 1.54) is 0 Å². The van der Waals surface area contributed by atoms with Crippen LogP contribution in [0.4, 0.5) is 10.6 Å². The fourth-order valence-electron chi connectivity index (χ4n) is 5.12. The lowest BCUT2D eigenvalue weighted by Gasteiger charge is -2.34. The number of aldehydes is 1. The van der Waals surface area contributed by atoms with Crippen molar-refractivity contribution in [3.8, 4) is 5.75 Å². The maximum atomic E-state index is 13.4. The minimum Gasteiger partial charge on any atom is -0.480 e. The Morgan fingerprint density at radius 3 is 2.63 bits per heavy atom. The SMILES string of the molecule is CC(C)Cc1nnc2ccc(O[C@@H]3C=C[C@](C=O)(NC(=O)Nc4cc(C(C)(C)C)nc(C(=O)NCCO)n4)c4ccccc43)cn12. The molecule has 0 saturated carbocycles. The van der Waals surface area contributed by atoms with Crippen LogP contribution in [-0.2, 0) is 22.2 Å². The highest BCUT2D eigenvalue weighted by Gasteiger charge is 2.38. The molecule has 2 atom stereocenters. The topological polar surface area (TPSA) is 173 Å². The number of anilines is 1. The summed E-state index contributed by atoms with van der Waals surface area (Å²) in [5, 5.41) is 25.6. The van der Waals surface area contributed by atoms with Gasteiger partial charge in [-0.05, 0) is 35.8 Å². The zero-order chi connectivity index (χ0) is 33.1. The number of carbonyl (C=O) groups is 3. The third-order valence-electron chi connectivity index (χ3n) is 7.39. The molecule has 3 heterocycles. The molecule has 1 aliphatic carbocycles. The summed E-state index contributed by atoms with van der Waals surface area (Å²) in [4.78, 5) is 47.3. The Morgan fingerprint density at radius 2 is 1.91 bits per heavy atom. The first-order valence-corrected chi connectivity index (χ1v) is 15.1. The Kier molecular flexibility index (Phi) is 9.15. The Bertz CT molecular complexity index is 1790. The van der Waals surface area contributed by atoms with Gasteiger partial charge in [-0.2, -0.15) is 0 Å². The second kappa shape index (κ2) is 13.1. The molecule has 0 aliphatic heterocycles. The molecule has 5 rings (SSSR count). The van der Waals surface area contributed by atoms with Crippen LogP contribution in [0.25, 0.3) is 5.65 Å². The number of hydrogen-bond donors (Lipinski definition) is 4. The summed E-state index contributed by atoms with van der Waals surface area (Å²) in [5.74, 6) is 1.14. The number of amides is 3. The smallest absolute Gasteiger partial charge is 0.321 e. The van der Waals surface area contributed by atoms with Crippen molar-refractivity contribution in [3.63, 3.8) is 0 Å². The van der Waals surface area contributed by atoms with Gasteiger partial charge >= 0.3 is 6.03 Å². The zero-order valence-electron chi connectivity index (χ0n) is 26.4. The van der Waals surface area contributed by atoms with Crippen LogP contribution in [0.2, 0.25) is 0 Å². The standard InChI is InChI=1S/C33H38N8O5/c1-20(2)16-28-40-39-27-11-10-21(18-41(27)28)46-24-12-13-33(19-43,23-9-7-6-8-22(23)24)38-31(45)37-26-17-25(32(3,4)5)35-29(36-26)30(44)34-14-15-42/h6-13,17-20,24,42H,14-16H2,1-5H3,(H,34,44)(H2,35,36,37,38,45)/t24-,33-/m1/s1. The molecule has 4 aromatic rings. The summed E-state index contributed by atoms with van der Waals surface area (Å²) < 4.78 is 8.30. The molecule has 0 saturated heterocycles. The fraction of sp³-hybridized carbons (Fsp3) is 0.364. The predicted octanol–water partition coefficient (Wildman–Crippen LogP) is 3.64. The van der Waals surface area contributed by atoms with Crippen LogP contribution in [0.15, 0.2) is 60.8 Å². The van der Waals surface area contributed by atoms with Gasteiger partial charge in [0.2, 0.25) is 5.82 Å². The van der Waals surface area contributed by atoms with E-state index >= 15 is 0 Å². The van der Waals surface area contributed by atoms with Crippen molar-refractivity contribution in [3.05, 3.63) is 89.3 Å². The molecule has 0 radical (unpaired) electrons. The summed E-state index contributed by atoms with van der Waals surface area (Å²) in [7, 11) is 0. The minimum atomic E-state index is -1.51. The van der Waals surface area contributed by atoms with Crippen LogP contribution in [-0.4, -0.2) is 61.0 Å². The molecule has 46 heavy (non-hydrogen) atoms. The van der Waals surface area contributed by atoms with Crippen molar-refractivity contribution in [2.24, 2.45) is 5.92 Å². The molecule has 1 aliphatic rings. The molecule has 0 unspecified atom stereocenters. The van der Waals surface area contributed by atoms with Gasteiger partial charge in [0.15, 0.2) is 11.9 Å². The van der Waals surface area contributed by atoms with E-state index in [0.717, 1.165) is 12.2 Å². The van der Waals surface area contributed by atoms with E-state index < -0.39 is 29.0 Å². The molecule has 3 aromatic heterocycles. The molecule has 0 spiro atoms. The molecule has 240 valence electrons. The van der Waals surface area contributed by atoms with Crippen molar-refractivity contribution < 1.29 is 24.2 Å². The number of rotatable bonds is 10. The van der Waals surface area contributed by atoms with E-state index in [4.69, 9.17) is 9.84 Å².